The Balaban J connectivity index is 2.02. The molecule has 0 atom stereocenters. The lowest BCUT2D eigenvalue weighted by Gasteiger charge is -2.33. The van der Waals surface area contributed by atoms with Gasteiger partial charge in [0.15, 0.2) is 17.5 Å². The molecular formula is C24H40N4O2. The highest BCUT2D eigenvalue weighted by Gasteiger charge is 2.24. The summed E-state index contributed by atoms with van der Waals surface area (Å²) in [5.74, 6) is 2.39. The lowest BCUT2D eigenvalue weighted by Crippen LogP contribution is -2.49. The van der Waals surface area contributed by atoms with Crippen molar-refractivity contribution in [1.82, 2.24) is 15.5 Å². The second-order valence-corrected chi connectivity index (χ2v) is 8.80. The highest BCUT2D eigenvalue weighted by Crippen LogP contribution is 2.33. The standard InChI is InChI=1S/C24H40N4O2/c1-8-25-23(27-20-11-13-28(14-12-20)16-18(2)3)26-17-24(4,5)19-9-10-21(29-6)22(15-19)30-7/h9-10,15,20H,2,8,11-14,16-17H2,1,3-7H3,(H2,25,26,27). The molecule has 0 aromatic heterocycles. The Morgan fingerprint density at radius 1 is 1.20 bits per heavy atom. The maximum absolute atomic E-state index is 5.47. The number of likely N-dealkylation sites (tertiary alicyclic amines) is 1. The molecule has 30 heavy (non-hydrogen) atoms. The topological polar surface area (TPSA) is 58.1 Å². The molecule has 0 radical (unpaired) electrons. The molecule has 0 aliphatic carbocycles. The molecule has 1 aliphatic rings. The van der Waals surface area contributed by atoms with Gasteiger partial charge in [0.1, 0.15) is 0 Å². The maximum Gasteiger partial charge on any atom is 0.191 e. The molecule has 0 saturated carbocycles. The Hall–Kier alpha value is -2.21. The Bertz CT molecular complexity index is 722. The van der Waals surface area contributed by atoms with Gasteiger partial charge in [-0.05, 0) is 44.4 Å². The van der Waals surface area contributed by atoms with E-state index >= 15 is 0 Å². The van der Waals surface area contributed by atoms with E-state index in [0.717, 1.165) is 56.5 Å². The van der Waals surface area contributed by atoms with Crippen molar-refractivity contribution in [2.75, 3.05) is 46.9 Å². The zero-order chi connectivity index (χ0) is 22.1. The third-order valence-corrected chi connectivity index (χ3v) is 5.56. The monoisotopic (exact) mass is 416 g/mol. The van der Waals surface area contributed by atoms with E-state index in [-0.39, 0.29) is 5.41 Å². The van der Waals surface area contributed by atoms with Crippen LogP contribution in [0.15, 0.2) is 35.3 Å². The number of methoxy groups -OCH3 is 2. The van der Waals surface area contributed by atoms with Crippen LogP contribution in [0.5, 0.6) is 11.5 Å². The first-order valence-corrected chi connectivity index (χ1v) is 10.9. The number of rotatable bonds is 9. The minimum Gasteiger partial charge on any atom is -0.493 e. The van der Waals surface area contributed by atoms with E-state index in [1.807, 2.05) is 12.1 Å². The van der Waals surface area contributed by atoms with Crippen molar-refractivity contribution in [1.29, 1.82) is 0 Å². The van der Waals surface area contributed by atoms with Crippen LogP contribution in [0.2, 0.25) is 0 Å². The largest absolute Gasteiger partial charge is 0.493 e. The number of ether oxygens (including phenoxy) is 2. The SMILES string of the molecule is C=C(C)CN1CCC(NC(=NCC(C)(C)c2ccc(OC)c(OC)c2)NCC)CC1. The van der Waals surface area contributed by atoms with Gasteiger partial charge in [0.2, 0.25) is 0 Å². The van der Waals surface area contributed by atoms with E-state index in [0.29, 0.717) is 12.6 Å². The van der Waals surface area contributed by atoms with Gasteiger partial charge in [0, 0.05) is 37.6 Å². The van der Waals surface area contributed by atoms with Crippen molar-refractivity contribution in [2.24, 2.45) is 4.99 Å². The fourth-order valence-corrected chi connectivity index (χ4v) is 3.76. The van der Waals surface area contributed by atoms with Crippen molar-refractivity contribution >= 4 is 5.96 Å². The normalized spacial score (nSPS) is 16.3. The van der Waals surface area contributed by atoms with Gasteiger partial charge in [-0.2, -0.15) is 0 Å². The summed E-state index contributed by atoms with van der Waals surface area (Å²) in [5, 5.41) is 7.05. The number of hydrogen-bond donors (Lipinski definition) is 2. The smallest absolute Gasteiger partial charge is 0.191 e. The van der Waals surface area contributed by atoms with Crippen molar-refractivity contribution in [2.45, 2.75) is 52.0 Å². The number of piperidine rings is 1. The van der Waals surface area contributed by atoms with Crippen LogP contribution in [0.25, 0.3) is 0 Å². The summed E-state index contributed by atoms with van der Waals surface area (Å²) in [6.07, 6.45) is 2.24. The number of guanidine groups is 1. The third-order valence-electron chi connectivity index (χ3n) is 5.56. The van der Waals surface area contributed by atoms with E-state index in [1.54, 1.807) is 14.2 Å². The summed E-state index contributed by atoms with van der Waals surface area (Å²) in [5.41, 5.74) is 2.27. The van der Waals surface area contributed by atoms with Crippen molar-refractivity contribution in [3.8, 4) is 11.5 Å². The maximum atomic E-state index is 5.47. The number of nitrogens with one attached hydrogen (secondary N) is 2. The number of hydrogen-bond acceptors (Lipinski definition) is 4. The molecular weight excluding hydrogens is 376 g/mol. The van der Waals surface area contributed by atoms with Crippen LogP contribution in [-0.4, -0.2) is 63.8 Å². The predicted molar refractivity (Wildman–Crippen MR) is 126 cm³/mol. The van der Waals surface area contributed by atoms with Crippen LogP contribution < -0.4 is 20.1 Å². The highest BCUT2D eigenvalue weighted by molar-refractivity contribution is 5.80. The molecule has 0 unspecified atom stereocenters. The van der Waals surface area contributed by atoms with Gasteiger partial charge in [0.05, 0.1) is 20.8 Å². The average molecular weight is 417 g/mol. The van der Waals surface area contributed by atoms with Crippen molar-refractivity contribution in [3.63, 3.8) is 0 Å². The molecule has 2 rings (SSSR count). The molecule has 6 heteroatoms. The van der Waals surface area contributed by atoms with Gasteiger partial charge in [0.25, 0.3) is 0 Å². The Labute approximate surface area is 182 Å². The van der Waals surface area contributed by atoms with Crippen molar-refractivity contribution in [3.05, 3.63) is 35.9 Å². The van der Waals surface area contributed by atoms with Crippen LogP contribution in [0.3, 0.4) is 0 Å². The molecule has 1 fully saturated rings. The molecule has 1 aromatic carbocycles. The first-order valence-electron chi connectivity index (χ1n) is 10.9. The van der Waals surface area contributed by atoms with Crippen LogP contribution >= 0.6 is 0 Å². The molecule has 1 saturated heterocycles. The van der Waals surface area contributed by atoms with Gasteiger partial charge in [-0.25, -0.2) is 0 Å². The second-order valence-electron chi connectivity index (χ2n) is 8.80. The molecule has 0 spiro atoms. The molecule has 168 valence electrons. The minimum absolute atomic E-state index is 0.132. The van der Waals surface area contributed by atoms with E-state index in [2.05, 4.69) is 55.9 Å². The summed E-state index contributed by atoms with van der Waals surface area (Å²) in [6, 6.07) is 6.55. The van der Waals surface area contributed by atoms with Gasteiger partial charge in [-0.3, -0.25) is 9.89 Å². The number of aliphatic imine (C=N–C) groups is 1. The summed E-state index contributed by atoms with van der Waals surface area (Å²) >= 11 is 0. The van der Waals surface area contributed by atoms with E-state index in [1.165, 1.54) is 11.1 Å². The van der Waals surface area contributed by atoms with Crippen LogP contribution in [-0.2, 0) is 5.41 Å². The fraction of sp³-hybridized carbons (Fsp3) is 0.625. The van der Waals surface area contributed by atoms with E-state index in [9.17, 15) is 0 Å². The van der Waals surface area contributed by atoms with Gasteiger partial charge in [-0.15, -0.1) is 0 Å². The summed E-state index contributed by atoms with van der Waals surface area (Å²) in [7, 11) is 3.33. The molecule has 0 amide bonds. The molecule has 6 nitrogen and oxygen atoms in total. The minimum atomic E-state index is -0.132. The zero-order valence-corrected chi connectivity index (χ0v) is 19.7. The predicted octanol–water partition coefficient (Wildman–Crippen LogP) is 3.58. The Morgan fingerprint density at radius 3 is 2.43 bits per heavy atom. The summed E-state index contributed by atoms with van der Waals surface area (Å²) in [6.45, 7) is 17.4. The first kappa shape index (κ1) is 24.1. The summed E-state index contributed by atoms with van der Waals surface area (Å²) in [4.78, 5) is 7.39. The Morgan fingerprint density at radius 2 is 1.87 bits per heavy atom. The second kappa shape index (κ2) is 11.3. The highest BCUT2D eigenvalue weighted by atomic mass is 16.5. The van der Waals surface area contributed by atoms with E-state index < -0.39 is 0 Å². The molecule has 1 aliphatic heterocycles. The fourth-order valence-electron chi connectivity index (χ4n) is 3.76. The first-order chi connectivity index (χ1) is 14.3. The van der Waals surface area contributed by atoms with E-state index in [4.69, 9.17) is 14.5 Å². The lowest BCUT2D eigenvalue weighted by molar-refractivity contribution is 0.221. The molecule has 1 aromatic rings. The zero-order valence-electron chi connectivity index (χ0n) is 19.7. The quantitative estimate of drug-likeness (QED) is 0.366. The van der Waals surface area contributed by atoms with Crippen LogP contribution in [0, 0.1) is 0 Å². The molecule has 0 bridgehead atoms. The lowest BCUT2D eigenvalue weighted by atomic mass is 9.84. The summed E-state index contributed by atoms with van der Waals surface area (Å²) < 4.78 is 10.8. The van der Waals surface area contributed by atoms with Crippen LogP contribution in [0.4, 0.5) is 0 Å². The van der Waals surface area contributed by atoms with Gasteiger partial charge >= 0.3 is 0 Å². The third kappa shape index (κ3) is 6.94. The molecule has 2 N–H and O–H groups in total. The number of nitrogens with zero attached hydrogens (tertiary/aromatic N) is 2. The Kier molecular flexibility index (Phi) is 9.03. The number of benzene rings is 1. The van der Waals surface area contributed by atoms with Crippen LogP contribution in [0.1, 0.15) is 46.1 Å². The molecule has 1 heterocycles. The average Bonchev–Trinajstić information content (AvgIpc) is 2.72. The van der Waals surface area contributed by atoms with Gasteiger partial charge in [-0.1, -0.05) is 32.1 Å². The van der Waals surface area contributed by atoms with Gasteiger partial charge < -0.3 is 20.1 Å². The van der Waals surface area contributed by atoms with Crippen molar-refractivity contribution < 1.29 is 9.47 Å².